The molecule has 0 radical (unpaired) electrons. The maximum Gasteiger partial charge on any atom is 0.245 e. The molecule has 1 heterocycles. The number of rotatable bonds is 7. The molecule has 1 amide bonds. The van der Waals surface area contributed by atoms with Crippen LogP contribution in [0.3, 0.4) is 0 Å². The monoisotopic (exact) mass is 483 g/mol. The van der Waals surface area contributed by atoms with E-state index < -0.39 is 22.5 Å². The van der Waals surface area contributed by atoms with E-state index in [9.17, 15) is 13.2 Å². The Balaban J connectivity index is 1.86. The number of carbonyl (C=O) groups excluding carboxylic acids is 1. The number of hydrogen-bond acceptors (Lipinski definition) is 4. The van der Waals surface area contributed by atoms with Gasteiger partial charge in [0.1, 0.15) is 4.90 Å². The first kappa shape index (κ1) is 22.5. The first-order valence-electron chi connectivity index (χ1n) is 8.65. The molecule has 0 fully saturated rings. The van der Waals surface area contributed by atoms with Crippen molar-refractivity contribution in [1.82, 2.24) is 9.29 Å². The van der Waals surface area contributed by atoms with Gasteiger partial charge in [-0.1, -0.05) is 46.9 Å². The second kappa shape index (κ2) is 9.76. The first-order chi connectivity index (χ1) is 14.3. The average Bonchev–Trinajstić information content (AvgIpc) is 2.72. The van der Waals surface area contributed by atoms with Crippen molar-refractivity contribution in [1.29, 1.82) is 0 Å². The van der Waals surface area contributed by atoms with E-state index in [4.69, 9.17) is 34.8 Å². The molecule has 156 valence electrons. The molecule has 0 saturated carbocycles. The Morgan fingerprint density at radius 1 is 1.00 bits per heavy atom. The largest absolute Gasteiger partial charge is 0.324 e. The van der Waals surface area contributed by atoms with E-state index in [0.717, 1.165) is 4.31 Å². The molecule has 0 unspecified atom stereocenters. The van der Waals surface area contributed by atoms with Gasteiger partial charge < -0.3 is 5.32 Å². The summed E-state index contributed by atoms with van der Waals surface area (Å²) in [5, 5.41) is 3.80. The Labute approximate surface area is 189 Å². The number of nitrogens with zero attached hydrogens (tertiary/aromatic N) is 2. The molecule has 0 atom stereocenters. The number of pyridine rings is 1. The molecule has 1 aromatic heterocycles. The molecule has 10 heteroatoms. The zero-order chi connectivity index (χ0) is 21.7. The summed E-state index contributed by atoms with van der Waals surface area (Å²) in [6, 6.07) is 14.2. The molecule has 0 bridgehead atoms. The summed E-state index contributed by atoms with van der Waals surface area (Å²) in [6.07, 6.45) is 2.70. The van der Waals surface area contributed by atoms with Gasteiger partial charge in [-0.15, -0.1) is 0 Å². The molecule has 0 spiro atoms. The quantitative estimate of drug-likeness (QED) is 0.519. The number of halogens is 3. The van der Waals surface area contributed by atoms with Crippen LogP contribution in [0.25, 0.3) is 0 Å². The van der Waals surface area contributed by atoms with Gasteiger partial charge in [0.25, 0.3) is 0 Å². The fourth-order valence-corrected chi connectivity index (χ4v) is 4.54. The van der Waals surface area contributed by atoms with E-state index in [0.29, 0.717) is 21.3 Å². The number of nitrogens with one attached hydrogen (secondary N) is 1. The number of amides is 1. The lowest BCUT2D eigenvalue weighted by Crippen LogP contribution is -2.37. The second-order valence-electron chi connectivity index (χ2n) is 6.26. The van der Waals surface area contributed by atoms with Crippen LogP contribution in [0.4, 0.5) is 5.69 Å². The van der Waals surface area contributed by atoms with Crippen molar-refractivity contribution in [2.24, 2.45) is 0 Å². The van der Waals surface area contributed by atoms with Gasteiger partial charge >= 0.3 is 0 Å². The molecule has 30 heavy (non-hydrogen) atoms. The van der Waals surface area contributed by atoms with Crippen LogP contribution in [0, 0.1) is 0 Å². The molecule has 6 nitrogen and oxygen atoms in total. The third kappa shape index (κ3) is 5.71. The van der Waals surface area contributed by atoms with Crippen LogP contribution in [0.2, 0.25) is 15.1 Å². The summed E-state index contributed by atoms with van der Waals surface area (Å²) in [4.78, 5) is 16.5. The molecule has 0 aliphatic carbocycles. The lowest BCUT2D eigenvalue weighted by Gasteiger charge is -2.22. The van der Waals surface area contributed by atoms with E-state index in [2.05, 4.69) is 10.3 Å². The topological polar surface area (TPSA) is 79.4 Å². The van der Waals surface area contributed by atoms with Gasteiger partial charge in [0.2, 0.25) is 15.9 Å². The molecule has 3 aromatic rings. The summed E-state index contributed by atoms with van der Waals surface area (Å²) in [6.45, 7) is -0.463. The number of anilines is 1. The molecule has 2 aromatic carbocycles. The number of aromatic nitrogens is 1. The van der Waals surface area contributed by atoms with Gasteiger partial charge in [0.15, 0.2) is 0 Å². The van der Waals surface area contributed by atoms with E-state index in [1.54, 1.807) is 36.4 Å². The Hall–Kier alpha value is -2.16. The van der Waals surface area contributed by atoms with E-state index in [1.165, 1.54) is 30.6 Å². The van der Waals surface area contributed by atoms with Crippen LogP contribution in [-0.2, 0) is 21.4 Å². The number of benzene rings is 2. The first-order valence-corrected chi connectivity index (χ1v) is 11.2. The molecule has 1 N–H and O–H groups in total. The van der Waals surface area contributed by atoms with Crippen molar-refractivity contribution in [3.63, 3.8) is 0 Å². The van der Waals surface area contributed by atoms with Crippen LogP contribution >= 0.6 is 34.8 Å². The fourth-order valence-electron chi connectivity index (χ4n) is 2.61. The highest BCUT2D eigenvalue weighted by atomic mass is 35.5. The van der Waals surface area contributed by atoms with Crippen LogP contribution in [0.15, 0.2) is 71.9 Å². The molecule has 0 saturated heterocycles. The van der Waals surface area contributed by atoms with Gasteiger partial charge in [0.05, 0.1) is 17.3 Å². The summed E-state index contributed by atoms with van der Waals surface area (Å²) in [5.74, 6) is -0.555. The molecular formula is C20H16Cl3N3O3S. The van der Waals surface area contributed by atoms with Crippen LogP contribution in [-0.4, -0.2) is 30.2 Å². The lowest BCUT2D eigenvalue weighted by molar-refractivity contribution is -0.116. The van der Waals surface area contributed by atoms with Crippen molar-refractivity contribution in [3.8, 4) is 0 Å². The highest BCUT2D eigenvalue weighted by Crippen LogP contribution is 2.26. The standard InChI is InChI=1S/C20H16Cl3N3O3S/c21-15-5-3-14(4-6-15)12-26(30(28,29)17-2-1-9-24-11-17)13-20(27)25-19-8-7-16(22)10-18(19)23/h1-11H,12-13H2,(H,25,27). The highest BCUT2D eigenvalue weighted by Gasteiger charge is 2.27. The molecule has 0 aliphatic rings. The van der Waals surface area contributed by atoms with E-state index in [1.807, 2.05) is 0 Å². The van der Waals surface area contributed by atoms with Crippen molar-refractivity contribution in [2.45, 2.75) is 11.4 Å². The summed E-state index contributed by atoms with van der Waals surface area (Å²) < 4.78 is 27.3. The highest BCUT2D eigenvalue weighted by molar-refractivity contribution is 7.89. The minimum atomic E-state index is -3.99. The zero-order valence-corrected chi connectivity index (χ0v) is 18.5. The number of carbonyl (C=O) groups is 1. The lowest BCUT2D eigenvalue weighted by atomic mass is 10.2. The fraction of sp³-hybridized carbons (Fsp3) is 0.100. The molecule has 3 rings (SSSR count). The third-order valence-electron chi connectivity index (χ3n) is 4.07. The molecular weight excluding hydrogens is 469 g/mol. The zero-order valence-electron chi connectivity index (χ0n) is 15.4. The van der Waals surface area contributed by atoms with Crippen molar-refractivity contribution < 1.29 is 13.2 Å². The predicted molar refractivity (Wildman–Crippen MR) is 118 cm³/mol. The van der Waals surface area contributed by atoms with Crippen LogP contribution < -0.4 is 5.32 Å². The predicted octanol–water partition coefficient (Wildman–Crippen LogP) is 4.87. The Morgan fingerprint density at radius 2 is 1.70 bits per heavy atom. The Bertz CT molecular complexity index is 1140. The van der Waals surface area contributed by atoms with Gasteiger partial charge in [-0.2, -0.15) is 4.31 Å². The van der Waals surface area contributed by atoms with E-state index in [-0.39, 0.29) is 16.5 Å². The van der Waals surface area contributed by atoms with Crippen molar-refractivity contribution in [3.05, 3.63) is 87.6 Å². The normalized spacial score (nSPS) is 11.5. The third-order valence-corrected chi connectivity index (χ3v) is 6.64. The SMILES string of the molecule is O=C(CN(Cc1ccc(Cl)cc1)S(=O)(=O)c1cccnc1)Nc1ccc(Cl)cc1Cl. The van der Waals surface area contributed by atoms with Crippen molar-refractivity contribution >= 4 is 56.4 Å². The van der Waals surface area contributed by atoms with Gasteiger partial charge in [-0.05, 0) is 48.0 Å². The van der Waals surface area contributed by atoms with Crippen LogP contribution in [0.5, 0.6) is 0 Å². The maximum absolute atomic E-state index is 13.1. The Kier molecular flexibility index (Phi) is 7.33. The maximum atomic E-state index is 13.1. The number of sulfonamides is 1. The Morgan fingerprint density at radius 3 is 2.33 bits per heavy atom. The number of hydrogen-bond donors (Lipinski definition) is 1. The summed E-state index contributed by atoms with van der Waals surface area (Å²) in [7, 11) is -3.99. The minimum Gasteiger partial charge on any atom is -0.324 e. The smallest absolute Gasteiger partial charge is 0.245 e. The summed E-state index contributed by atoms with van der Waals surface area (Å²) in [5.41, 5.74) is 1.00. The van der Waals surface area contributed by atoms with Gasteiger partial charge in [-0.25, -0.2) is 8.42 Å². The van der Waals surface area contributed by atoms with E-state index >= 15 is 0 Å². The average molecular weight is 485 g/mol. The van der Waals surface area contributed by atoms with Gasteiger partial charge in [0, 0.05) is 29.0 Å². The van der Waals surface area contributed by atoms with Crippen molar-refractivity contribution in [2.75, 3.05) is 11.9 Å². The second-order valence-corrected chi connectivity index (χ2v) is 9.48. The minimum absolute atomic E-state index is 0.0173. The summed E-state index contributed by atoms with van der Waals surface area (Å²) >= 11 is 17.9. The van der Waals surface area contributed by atoms with Crippen LogP contribution in [0.1, 0.15) is 5.56 Å². The van der Waals surface area contributed by atoms with Gasteiger partial charge in [-0.3, -0.25) is 9.78 Å². The molecule has 0 aliphatic heterocycles.